The Morgan fingerprint density at radius 2 is 2.07 bits per heavy atom. The number of rotatable bonds is 6. The van der Waals surface area contributed by atoms with Gasteiger partial charge in [-0.15, -0.1) is 0 Å². The number of methoxy groups -OCH3 is 1. The van der Waals surface area contributed by atoms with Gasteiger partial charge in [-0.3, -0.25) is 0 Å². The van der Waals surface area contributed by atoms with Crippen LogP contribution >= 0.6 is 0 Å². The Bertz CT molecular complexity index is 211. The van der Waals surface area contributed by atoms with Crippen molar-refractivity contribution in [2.75, 3.05) is 20.3 Å². The van der Waals surface area contributed by atoms with Crippen LogP contribution in [0.5, 0.6) is 0 Å². The molecule has 0 amide bonds. The summed E-state index contributed by atoms with van der Waals surface area (Å²) >= 11 is 0. The SMILES string of the molecule is C=CC(=O)OC(C)C(=O)OCCOC. The summed E-state index contributed by atoms with van der Waals surface area (Å²) < 4.78 is 14.0. The molecule has 80 valence electrons. The van der Waals surface area contributed by atoms with E-state index in [1.165, 1.54) is 14.0 Å². The minimum atomic E-state index is -0.919. The highest BCUT2D eigenvalue weighted by atomic mass is 16.6. The molecule has 0 N–H and O–H groups in total. The van der Waals surface area contributed by atoms with Crippen molar-refractivity contribution in [2.45, 2.75) is 13.0 Å². The van der Waals surface area contributed by atoms with Gasteiger partial charge in [0.05, 0.1) is 6.61 Å². The fourth-order valence-electron chi connectivity index (χ4n) is 0.613. The maximum absolute atomic E-state index is 11.1. The second-order valence-electron chi connectivity index (χ2n) is 2.44. The first-order valence-corrected chi connectivity index (χ1v) is 4.10. The molecule has 5 nitrogen and oxygen atoms in total. The lowest BCUT2D eigenvalue weighted by atomic mass is 10.4. The van der Waals surface area contributed by atoms with Gasteiger partial charge in [-0.25, -0.2) is 9.59 Å². The number of esters is 2. The monoisotopic (exact) mass is 202 g/mol. The fraction of sp³-hybridized carbons (Fsp3) is 0.556. The third-order valence-electron chi connectivity index (χ3n) is 1.32. The van der Waals surface area contributed by atoms with Gasteiger partial charge >= 0.3 is 11.9 Å². The van der Waals surface area contributed by atoms with E-state index in [1.807, 2.05) is 0 Å². The standard InChI is InChI=1S/C9H14O5/c1-4-8(10)14-7(2)9(11)13-6-5-12-3/h4,7H,1,5-6H2,2-3H3. The first-order valence-electron chi connectivity index (χ1n) is 4.10. The second kappa shape index (κ2) is 7.08. The van der Waals surface area contributed by atoms with Crippen LogP contribution in [0.25, 0.3) is 0 Å². The van der Waals surface area contributed by atoms with Crippen LogP contribution < -0.4 is 0 Å². The summed E-state index contributed by atoms with van der Waals surface area (Å²) in [5.74, 6) is -1.25. The molecule has 0 aromatic heterocycles. The van der Waals surface area contributed by atoms with E-state index in [1.54, 1.807) is 0 Å². The van der Waals surface area contributed by atoms with Gasteiger partial charge in [0, 0.05) is 13.2 Å². The molecule has 1 unspecified atom stereocenters. The Morgan fingerprint density at radius 1 is 1.43 bits per heavy atom. The molecule has 0 aromatic carbocycles. The fourth-order valence-corrected chi connectivity index (χ4v) is 0.613. The lowest BCUT2D eigenvalue weighted by Crippen LogP contribution is -2.26. The summed E-state index contributed by atoms with van der Waals surface area (Å²) in [4.78, 5) is 21.8. The van der Waals surface area contributed by atoms with E-state index < -0.39 is 18.0 Å². The van der Waals surface area contributed by atoms with Gasteiger partial charge in [0.2, 0.25) is 0 Å². The number of hydrogen-bond acceptors (Lipinski definition) is 5. The lowest BCUT2D eigenvalue weighted by molar-refractivity contribution is -0.164. The van der Waals surface area contributed by atoms with Gasteiger partial charge < -0.3 is 14.2 Å². The summed E-state index contributed by atoms with van der Waals surface area (Å²) in [5, 5.41) is 0. The van der Waals surface area contributed by atoms with Gasteiger partial charge in [0.25, 0.3) is 0 Å². The van der Waals surface area contributed by atoms with Crippen LogP contribution in [0.1, 0.15) is 6.92 Å². The van der Waals surface area contributed by atoms with Crippen LogP contribution in [-0.2, 0) is 23.8 Å². The largest absolute Gasteiger partial charge is 0.461 e. The number of ether oxygens (including phenoxy) is 3. The van der Waals surface area contributed by atoms with Crippen LogP contribution in [0, 0.1) is 0 Å². The topological polar surface area (TPSA) is 61.8 Å². The molecule has 0 saturated heterocycles. The van der Waals surface area contributed by atoms with Gasteiger partial charge in [-0.05, 0) is 6.92 Å². The molecule has 0 aliphatic carbocycles. The van der Waals surface area contributed by atoms with Crippen molar-refractivity contribution in [3.63, 3.8) is 0 Å². The molecular formula is C9H14O5. The highest BCUT2D eigenvalue weighted by Crippen LogP contribution is 1.95. The Morgan fingerprint density at radius 3 is 2.57 bits per heavy atom. The Kier molecular flexibility index (Phi) is 6.39. The van der Waals surface area contributed by atoms with E-state index in [2.05, 4.69) is 16.1 Å². The molecule has 5 heteroatoms. The van der Waals surface area contributed by atoms with Crippen LogP contribution in [0.15, 0.2) is 12.7 Å². The Balaban J connectivity index is 3.75. The average molecular weight is 202 g/mol. The molecule has 0 radical (unpaired) electrons. The van der Waals surface area contributed by atoms with E-state index in [9.17, 15) is 9.59 Å². The van der Waals surface area contributed by atoms with Crippen LogP contribution in [-0.4, -0.2) is 38.4 Å². The molecular weight excluding hydrogens is 188 g/mol. The lowest BCUT2D eigenvalue weighted by Gasteiger charge is -2.10. The van der Waals surface area contributed by atoms with Crippen molar-refractivity contribution < 1.29 is 23.8 Å². The highest BCUT2D eigenvalue weighted by Gasteiger charge is 2.17. The molecule has 0 aliphatic rings. The normalized spacial score (nSPS) is 11.6. The summed E-state index contributed by atoms with van der Waals surface area (Å²) in [7, 11) is 1.50. The molecule has 0 bridgehead atoms. The number of carbonyl (C=O) groups is 2. The molecule has 0 saturated carbocycles. The molecule has 1 atom stereocenters. The first-order chi connectivity index (χ1) is 6.61. The van der Waals surface area contributed by atoms with E-state index in [0.29, 0.717) is 6.61 Å². The summed E-state index contributed by atoms with van der Waals surface area (Å²) in [6.45, 7) is 5.09. The quantitative estimate of drug-likeness (QED) is 0.352. The third-order valence-corrected chi connectivity index (χ3v) is 1.32. The van der Waals surface area contributed by atoms with Crippen molar-refractivity contribution in [1.29, 1.82) is 0 Å². The number of hydrogen-bond donors (Lipinski definition) is 0. The minimum Gasteiger partial charge on any atom is -0.461 e. The van der Waals surface area contributed by atoms with Crippen LogP contribution in [0.4, 0.5) is 0 Å². The van der Waals surface area contributed by atoms with E-state index in [-0.39, 0.29) is 6.61 Å². The zero-order chi connectivity index (χ0) is 11.0. The molecule has 0 rings (SSSR count). The van der Waals surface area contributed by atoms with Crippen LogP contribution in [0.3, 0.4) is 0 Å². The summed E-state index contributed by atoms with van der Waals surface area (Å²) in [5.41, 5.74) is 0. The van der Waals surface area contributed by atoms with Crippen molar-refractivity contribution in [3.8, 4) is 0 Å². The Labute approximate surface area is 82.6 Å². The predicted octanol–water partition coefficient (Wildman–Crippen LogP) is 0.294. The molecule has 0 spiro atoms. The zero-order valence-corrected chi connectivity index (χ0v) is 8.32. The molecule has 0 fully saturated rings. The van der Waals surface area contributed by atoms with Crippen LogP contribution in [0.2, 0.25) is 0 Å². The molecule has 0 aliphatic heterocycles. The highest BCUT2D eigenvalue weighted by molar-refractivity contribution is 5.84. The van der Waals surface area contributed by atoms with E-state index >= 15 is 0 Å². The molecule has 0 heterocycles. The van der Waals surface area contributed by atoms with Crippen molar-refractivity contribution in [1.82, 2.24) is 0 Å². The summed E-state index contributed by atoms with van der Waals surface area (Å²) in [6.07, 6.45) is 0.0659. The average Bonchev–Trinajstić information content (AvgIpc) is 2.17. The van der Waals surface area contributed by atoms with Gasteiger partial charge in [0.15, 0.2) is 6.10 Å². The maximum atomic E-state index is 11.1. The van der Waals surface area contributed by atoms with E-state index in [4.69, 9.17) is 4.74 Å². The van der Waals surface area contributed by atoms with Crippen molar-refractivity contribution >= 4 is 11.9 Å². The smallest absolute Gasteiger partial charge is 0.347 e. The Hall–Kier alpha value is -1.36. The second-order valence-corrected chi connectivity index (χ2v) is 2.44. The van der Waals surface area contributed by atoms with Crippen molar-refractivity contribution in [2.24, 2.45) is 0 Å². The minimum absolute atomic E-state index is 0.144. The third kappa shape index (κ3) is 5.31. The molecule has 0 aromatic rings. The molecule has 14 heavy (non-hydrogen) atoms. The summed E-state index contributed by atoms with van der Waals surface area (Å²) in [6, 6.07) is 0. The van der Waals surface area contributed by atoms with Gasteiger partial charge in [0.1, 0.15) is 6.61 Å². The number of carbonyl (C=O) groups excluding carboxylic acids is 2. The van der Waals surface area contributed by atoms with Gasteiger partial charge in [-0.2, -0.15) is 0 Å². The zero-order valence-electron chi connectivity index (χ0n) is 8.32. The predicted molar refractivity (Wildman–Crippen MR) is 48.6 cm³/mol. The van der Waals surface area contributed by atoms with Crippen molar-refractivity contribution in [3.05, 3.63) is 12.7 Å². The van der Waals surface area contributed by atoms with E-state index in [0.717, 1.165) is 6.08 Å². The van der Waals surface area contributed by atoms with Gasteiger partial charge in [-0.1, -0.05) is 6.58 Å². The maximum Gasteiger partial charge on any atom is 0.347 e. The first kappa shape index (κ1) is 12.6.